The summed E-state index contributed by atoms with van der Waals surface area (Å²) in [5.74, 6) is 0.284. The summed E-state index contributed by atoms with van der Waals surface area (Å²) in [6.45, 7) is 9.63. The fraction of sp³-hybridized carbons (Fsp3) is 0.952. The number of hydrogen-bond acceptors (Lipinski definition) is 6. The summed E-state index contributed by atoms with van der Waals surface area (Å²) < 4.78 is 12.4. The van der Waals surface area contributed by atoms with E-state index in [4.69, 9.17) is 19.2 Å². The van der Waals surface area contributed by atoms with Crippen molar-refractivity contribution in [2.24, 2.45) is 29.1 Å². The third-order valence-electron chi connectivity index (χ3n) is 7.82. The van der Waals surface area contributed by atoms with Crippen molar-refractivity contribution in [2.45, 2.75) is 90.3 Å². The molecule has 8 atom stereocenters. The number of carbonyl (C=O) groups is 1. The molecule has 3 saturated heterocycles. The van der Waals surface area contributed by atoms with E-state index in [2.05, 4.69) is 13.8 Å². The van der Waals surface area contributed by atoms with Crippen molar-refractivity contribution in [2.75, 3.05) is 6.61 Å². The predicted molar refractivity (Wildman–Crippen MR) is 97.3 cm³/mol. The monoisotopic (exact) mass is 382 g/mol. The zero-order chi connectivity index (χ0) is 19.6. The van der Waals surface area contributed by atoms with Crippen LogP contribution in [0.1, 0.15) is 66.7 Å². The summed E-state index contributed by atoms with van der Waals surface area (Å²) in [6.07, 6.45) is 4.29. The summed E-state index contributed by atoms with van der Waals surface area (Å²) in [5.41, 5.74) is -1.34. The van der Waals surface area contributed by atoms with Crippen LogP contribution in [0.5, 0.6) is 0 Å². The molecule has 3 aliphatic heterocycles. The Morgan fingerprint density at radius 3 is 2.63 bits per heavy atom. The van der Waals surface area contributed by atoms with Crippen LogP contribution in [-0.4, -0.2) is 41.3 Å². The van der Waals surface area contributed by atoms with E-state index < -0.39 is 16.8 Å². The number of ether oxygens (including phenoxy) is 2. The van der Waals surface area contributed by atoms with Gasteiger partial charge in [-0.25, -0.2) is 9.78 Å². The molecule has 0 aromatic heterocycles. The van der Waals surface area contributed by atoms with Crippen molar-refractivity contribution < 1.29 is 29.1 Å². The highest BCUT2D eigenvalue weighted by atomic mass is 17.3. The lowest BCUT2D eigenvalue weighted by molar-refractivity contribution is -0.540. The van der Waals surface area contributed by atoms with E-state index in [1.807, 2.05) is 6.92 Å². The van der Waals surface area contributed by atoms with E-state index in [-0.39, 0.29) is 36.6 Å². The molecule has 3 heterocycles. The molecule has 2 bridgehead atoms. The van der Waals surface area contributed by atoms with Gasteiger partial charge in [-0.2, -0.15) is 0 Å². The van der Waals surface area contributed by atoms with Crippen LogP contribution in [0, 0.1) is 29.1 Å². The maximum atomic E-state index is 12.6. The van der Waals surface area contributed by atoms with Gasteiger partial charge in [0.25, 0.3) is 0 Å². The first-order valence-electron chi connectivity index (χ1n) is 10.5. The van der Waals surface area contributed by atoms with E-state index in [9.17, 15) is 9.90 Å². The van der Waals surface area contributed by atoms with Gasteiger partial charge in [-0.15, -0.1) is 0 Å². The van der Waals surface area contributed by atoms with Gasteiger partial charge in [0.05, 0.1) is 18.1 Å². The molecule has 154 valence electrons. The van der Waals surface area contributed by atoms with Gasteiger partial charge in [-0.1, -0.05) is 13.8 Å². The van der Waals surface area contributed by atoms with Gasteiger partial charge in [0, 0.05) is 18.8 Å². The minimum absolute atomic E-state index is 0.136. The molecular formula is C21H34O6. The molecule has 0 aromatic carbocycles. The van der Waals surface area contributed by atoms with Crippen molar-refractivity contribution in [3.8, 4) is 0 Å². The van der Waals surface area contributed by atoms with Crippen LogP contribution >= 0.6 is 0 Å². The van der Waals surface area contributed by atoms with E-state index in [0.29, 0.717) is 18.3 Å². The Bertz CT molecular complexity index is 605. The van der Waals surface area contributed by atoms with Crippen molar-refractivity contribution in [3.63, 3.8) is 0 Å². The lowest BCUT2D eigenvalue weighted by Gasteiger charge is -2.60. The first kappa shape index (κ1) is 19.6. The molecular weight excluding hydrogens is 348 g/mol. The molecule has 0 amide bonds. The number of fused-ring (bicyclic) bond motifs is 2. The quantitative estimate of drug-likeness (QED) is 0.597. The molecule has 5 rings (SSSR count). The van der Waals surface area contributed by atoms with E-state index in [0.717, 1.165) is 25.7 Å². The average molecular weight is 382 g/mol. The van der Waals surface area contributed by atoms with Crippen LogP contribution < -0.4 is 0 Å². The Labute approximate surface area is 161 Å². The van der Waals surface area contributed by atoms with Gasteiger partial charge in [0.1, 0.15) is 11.7 Å². The van der Waals surface area contributed by atoms with Gasteiger partial charge in [-0.3, -0.25) is 4.79 Å². The largest absolute Gasteiger partial charge is 0.462 e. The second-order valence-corrected chi connectivity index (χ2v) is 10.1. The lowest BCUT2D eigenvalue weighted by atomic mass is 9.53. The number of hydrogen-bond donors (Lipinski definition) is 1. The van der Waals surface area contributed by atoms with Crippen molar-refractivity contribution in [1.82, 2.24) is 0 Å². The summed E-state index contributed by atoms with van der Waals surface area (Å²) in [5, 5.41) is 9.51. The smallest absolute Gasteiger partial charge is 0.314 e. The van der Waals surface area contributed by atoms with Crippen molar-refractivity contribution >= 4 is 5.97 Å². The first-order chi connectivity index (χ1) is 12.6. The number of esters is 1. The Balaban J connectivity index is 1.65. The molecule has 5 fully saturated rings. The van der Waals surface area contributed by atoms with Crippen LogP contribution in [0.15, 0.2) is 0 Å². The maximum Gasteiger partial charge on any atom is 0.314 e. The van der Waals surface area contributed by atoms with Crippen LogP contribution in [-0.2, 0) is 24.0 Å². The van der Waals surface area contributed by atoms with Crippen LogP contribution in [0.25, 0.3) is 0 Å². The van der Waals surface area contributed by atoms with Crippen molar-refractivity contribution in [1.29, 1.82) is 0 Å². The minimum Gasteiger partial charge on any atom is -0.462 e. The fourth-order valence-corrected chi connectivity index (χ4v) is 5.95. The Kier molecular flexibility index (Phi) is 4.66. The molecule has 0 unspecified atom stereocenters. The first-order valence-corrected chi connectivity index (χ1v) is 10.5. The lowest BCUT2D eigenvalue weighted by Crippen LogP contribution is -2.69. The van der Waals surface area contributed by atoms with Gasteiger partial charge in [0.15, 0.2) is 5.79 Å². The number of carbonyl (C=O) groups excluding carboxylic acids is 1. The third kappa shape index (κ3) is 2.86. The molecule has 1 N–H and O–H groups in total. The van der Waals surface area contributed by atoms with Crippen molar-refractivity contribution in [3.05, 3.63) is 0 Å². The Morgan fingerprint density at radius 1 is 1.19 bits per heavy atom. The van der Waals surface area contributed by atoms with Gasteiger partial charge >= 0.3 is 5.97 Å². The highest BCUT2D eigenvalue weighted by molar-refractivity contribution is 5.76. The molecule has 2 saturated carbocycles. The summed E-state index contributed by atoms with van der Waals surface area (Å²) in [6, 6.07) is 0. The van der Waals surface area contributed by atoms with Crippen LogP contribution in [0.2, 0.25) is 0 Å². The number of rotatable bonds is 3. The van der Waals surface area contributed by atoms with Gasteiger partial charge < -0.3 is 14.6 Å². The molecule has 5 aliphatic rings. The fourth-order valence-electron chi connectivity index (χ4n) is 5.95. The van der Waals surface area contributed by atoms with E-state index in [1.54, 1.807) is 13.8 Å². The number of aliphatic hydroxyl groups excluding tert-OH is 1. The minimum atomic E-state index is -0.895. The Morgan fingerprint density at radius 2 is 1.93 bits per heavy atom. The van der Waals surface area contributed by atoms with Crippen LogP contribution in [0.3, 0.4) is 0 Å². The second-order valence-electron chi connectivity index (χ2n) is 10.1. The summed E-state index contributed by atoms with van der Waals surface area (Å²) >= 11 is 0. The molecule has 0 aromatic rings. The van der Waals surface area contributed by atoms with Gasteiger partial charge in [0.2, 0.25) is 0 Å². The zero-order valence-corrected chi connectivity index (χ0v) is 17.2. The highest BCUT2D eigenvalue weighted by Crippen LogP contribution is 2.61. The van der Waals surface area contributed by atoms with Crippen LogP contribution in [0.4, 0.5) is 0 Å². The van der Waals surface area contributed by atoms with Gasteiger partial charge in [-0.05, 0) is 57.8 Å². The molecule has 6 nitrogen and oxygen atoms in total. The second kappa shape index (κ2) is 6.41. The topological polar surface area (TPSA) is 74.2 Å². The van der Waals surface area contributed by atoms with E-state index >= 15 is 0 Å². The molecule has 27 heavy (non-hydrogen) atoms. The maximum absolute atomic E-state index is 12.6. The van der Waals surface area contributed by atoms with E-state index in [1.165, 1.54) is 0 Å². The average Bonchev–Trinajstić information content (AvgIpc) is 2.85. The zero-order valence-electron chi connectivity index (χ0n) is 17.2. The normalized spacial score (nSPS) is 49.3. The summed E-state index contributed by atoms with van der Waals surface area (Å²) in [4.78, 5) is 24.7. The highest BCUT2D eigenvalue weighted by Gasteiger charge is 2.68. The SMILES string of the molecule is C[C@H]1[C@@H](OC(=O)C(C)(C)CO)C[C@@H]2O[C@@]3(C)CC[C@H]4[C@H](C)CC[C@@H]1[C@@]24OO3. The predicted octanol–water partition coefficient (Wildman–Crippen LogP) is 3.21. The number of aliphatic hydroxyl groups is 1. The molecule has 0 radical (unpaired) electrons. The Hall–Kier alpha value is -0.690. The standard InChI is InChI=1S/C21H34O6/c1-12-6-7-15-13(2)16(24-18(23)19(3,4)11-22)10-17-21(15)14(12)8-9-20(5,25-17)26-27-21/h12-17,22H,6-11H2,1-5H3/t12-,13-,14+,15+,16+,17+,20-,21-/m1/s1. The summed E-state index contributed by atoms with van der Waals surface area (Å²) in [7, 11) is 0. The molecule has 6 heteroatoms. The molecule has 2 aliphatic carbocycles. The molecule has 1 spiro atoms. The third-order valence-corrected chi connectivity index (χ3v) is 7.82.